The molecule has 0 aromatic heterocycles. The Morgan fingerprint density at radius 1 is 0.972 bits per heavy atom. The average molecular weight is 497 g/mol. The summed E-state index contributed by atoms with van der Waals surface area (Å²) in [7, 11) is 1.59. The maximum absolute atomic E-state index is 12.7. The number of carbonyl (C=O) groups excluding carboxylic acids is 4. The fourth-order valence-electron chi connectivity index (χ4n) is 3.95. The van der Waals surface area contributed by atoms with Gasteiger partial charge < -0.3 is 24.4 Å². The minimum absolute atomic E-state index is 0.170. The van der Waals surface area contributed by atoms with E-state index in [1.54, 1.807) is 37.1 Å². The average Bonchev–Trinajstić information content (AvgIpc) is 2.91. The summed E-state index contributed by atoms with van der Waals surface area (Å²) < 4.78 is 15.4. The van der Waals surface area contributed by atoms with Crippen molar-refractivity contribution in [1.29, 1.82) is 0 Å². The van der Waals surface area contributed by atoms with Crippen LogP contribution in [0.15, 0.2) is 48.5 Å². The van der Waals surface area contributed by atoms with Crippen molar-refractivity contribution in [1.82, 2.24) is 4.90 Å². The van der Waals surface area contributed by atoms with E-state index in [2.05, 4.69) is 5.32 Å². The maximum Gasteiger partial charge on any atom is 0.340 e. The van der Waals surface area contributed by atoms with Crippen molar-refractivity contribution in [3.63, 3.8) is 0 Å². The van der Waals surface area contributed by atoms with Crippen LogP contribution in [0.25, 0.3) is 0 Å². The summed E-state index contributed by atoms with van der Waals surface area (Å²) in [5.74, 6) is -0.972. The fraction of sp³-hybridized carbons (Fsp3) is 0.407. The van der Waals surface area contributed by atoms with Crippen molar-refractivity contribution in [3.05, 3.63) is 59.7 Å². The molecule has 1 N–H and O–H groups in total. The third-order valence-corrected chi connectivity index (χ3v) is 6.02. The molecule has 0 saturated carbocycles. The largest absolute Gasteiger partial charge is 0.497 e. The molecule has 1 fully saturated rings. The number of anilines is 1. The maximum atomic E-state index is 12.7. The number of nitrogens with zero attached hydrogens (tertiary/aromatic N) is 1. The van der Waals surface area contributed by atoms with Crippen LogP contribution < -0.4 is 10.1 Å². The number of esters is 2. The van der Waals surface area contributed by atoms with Gasteiger partial charge in [0.2, 0.25) is 5.91 Å². The lowest BCUT2D eigenvalue weighted by Crippen LogP contribution is -2.42. The van der Waals surface area contributed by atoms with Crippen LogP contribution in [0.2, 0.25) is 0 Å². The van der Waals surface area contributed by atoms with Gasteiger partial charge in [-0.2, -0.15) is 0 Å². The SMILES string of the molecule is CCOC(=O)C1CCN(C(=O)COC(=O)c2ccccc2NC(=O)CCc2ccc(OC)cc2)CC1. The molecule has 0 atom stereocenters. The molecule has 2 aromatic rings. The van der Waals surface area contributed by atoms with Crippen molar-refractivity contribution >= 4 is 29.4 Å². The Morgan fingerprint density at radius 2 is 1.67 bits per heavy atom. The number of benzene rings is 2. The second kappa shape index (κ2) is 13.3. The molecule has 1 aliphatic rings. The van der Waals surface area contributed by atoms with Crippen LogP contribution in [-0.4, -0.2) is 62.1 Å². The first kappa shape index (κ1) is 26.7. The Morgan fingerprint density at radius 3 is 2.33 bits per heavy atom. The monoisotopic (exact) mass is 496 g/mol. The van der Waals surface area contributed by atoms with Crippen LogP contribution >= 0.6 is 0 Å². The Hall–Kier alpha value is -3.88. The summed E-state index contributed by atoms with van der Waals surface area (Å²) in [6.07, 6.45) is 1.80. The minimum atomic E-state index is -0.698. The first-order valence-electron chi connectivity index (χ1n) is 12.0. The third kappa shape index (κ3) is 7.56. The number of rotatable bonds is 10. The molecule has 36 heavy (non-hydrogen) atoms. The second-order valence-corrected chi connectivity index (χ2v) is 8.43. The van der Waals surface area contributed by atoms with E-state index in [1.165, 1.54) is 6.07 Å². The van der Waals surface area contributed by atoms with Crippen LogP contribution in [0.5, 0.6) is 5.75 Å². The molecule has 192 valence electrons. The molecule has 0 unspecified atom stereocenters. The van der Waals surface area contributed by atoms with E-state index < -0.39 is 12.6 Å². The number of piperidine rings is 1. The molecule has 1 saturated heterocycles. The normalized spacial score (nSPS) is 13.6. The molecule has 9 heteroatoms. The number of hydrogen-bond donors (Lipinski definition) is 1. The quantitative estimate of drug-likeness (QED) is 0.503. The molecule has 2 aromatic carbocycles. The summed E-state index contributed by atoms with van der Waals surface area (Å²) in [6.45, 7) is 2.49. The fourth-order valence-corrected chi connectivity index (χ4v) is 3.95. The molecular formula is C27H32N2O7. The van der Waals surface area contributed by atoms with E-state index in [-0.39, 0.29) is 35.7 Å². The summed E-state index contributed by atoms with van der Waals surface area (Å²) in [6, 6.07) is 14.0. The van der Waals surface area contributed by atoms with Crippen molar-refractivity contribution < 1.29 is 33.4 Å². The van der Waals surface area contributed by atoms with Crippen LogP contribution in [0.4, 0.5) is 5.69 Å². The highest BCUT2D eigenvalue weighted by molar-refractivity contribution is 6.01. The number of carbonyl (C=O) groups is 4. The Kier molecular flexibility index (Phi) is 9.85. The van der Waals surface area contributed by atoms with E-state index in [9.17, 15) is 19.2 Å². The Labute approximate surface area is 210 Å². The van der Waals surface area contributed by atoms with E-state index in [4.69, 9.17) is 14.2 Å². The van der Waals surface area contributed by atoms with Gasteiger partial charge in [0.25, 0.3) is 5.91 Å². The molecule has 0 bridgehead atoms. The van der Waals surface area contributed by atoms with Gasteiger partial charge in [0.1, 0.15) is 5.75 Å². The number of hydrogen-bond acceptors (Lipinski definition) is 7. The van der Waals surface area contributed by atoms with Crippen molar-refractivity contribution in [2.24, 2.45) is 5.92 Å². The topological polar surface area (TPSA) is 111 Å². The number of amides is 2. The molecule has 0 radical (unpaired) electrons. The van der Waals surface area contributed by atoms with Gasteiger partial charge in [-0.3, -0.25) is 14.4 Å². The van der Waals surface area contributed by atoms with Gasteiger partial charge in [-0.25, -0.2) is 4.79 Å². The summed E-state index contributed by atoms with van der Waals surface area (Å²) in [5.41, 5.74) is 1.48. The zero-order valence-electron chi connectivity index (χ0n) is 20.7. The molecule has 1 aliphatic heterocycles. The first-order valence-corrected chi connectivity index (χ1v) is 12.0. The highest BCUT2D eigenvalue weighted by Gasteiger charge is 2.28. The third-order valence-electron chi connectivity index (χ3n) is 6.02. The lowest BCUT2D eigenvalue weighted by molar-refractivity contribution is -0.151. The number of ether oxygens (including phenoxy) is 3. The Bertz CT molecular complexity index is 1060. The van der Waals surface area contributed by atoms with Crippen LogP contribution in [0.1, 0.15) is 42.1 Å². The number of likely N-dealkylation sites (tertiary alicyclic amines) is 1. The molecular weight excluding hydrogens is 464 g/mol. The summed E-state index contributed by atoms with van der Waals surface area (Å²) >= 11 is 0. The number of para-hydroxylation sites is 1. The summed E-state index contributed by atoms with van der Waals surface area (Å²) in [5, 5.41) is 2.76. The summed E-state index contributed by atoms with van der Waals surface area (Å²) in [4.78, 5) is 51.1. The van der Waals surface area contributed by atoms with E-state index in [0.717, 1.165) is 11.3 Å². The lowest BCUT2D eigenvalue weighted by atomic mass is 9.97. The zero-order valence-corrected chi connectivity index (χ0v) is 20.7. The van der Waals surface area contributed by atoms with Gasteiger partial charge >= 0.3 is 11.9 Å². The smallest absolute Gasteiger partial charge is 0.340 e. The standard InChI is InChI=1S/C27H32N2O7/c1-3-35-26(32)20-14-16-29(17-15-20)25(31)18-36-27(33)22-6-4-5-7-23(22)28-24(30)13-10-19-8-11-21(34-2)12-9-19/h4-9,11-12,20H,3,10,13-18H2,1-2H3,(H,28,30). The molecule has 0 aliphatic carbocycles. The van der Waals surface area contributed by atoms with Gasteiger partial charge in [-0.15, -0.1) is 0 Å². The molecule has 1 heterocycles. The Balaban J connectivity index is 1.48. The van der Waals surface area contributed by atoms with Crippen LogP contribution in [0.3, 0.4) is 0 Å². The number of aryl methyl sites for hydroxylation is 1. The van der Waals surface area contributed by atoms with Crippen molar-refractivity contribution in [2.45, 2.75) is 32.6 Å². The van der Waals surface area contributed by atoms with Crippen molar-refractivity contribution in [3.8, 4) is 5.75 Å². The van der Waals surface area contributed by atoms with Gasteiger partial charge in [0, 0.05) is 19.5 Å². The van der Waals surface area contributed by atoms with Crippen molar-refractivity contribution in [2.75, 3.05) is 38.7 Å². The van der Waals surface area contributed by atoms with Gasteiger partial charge in [-0.05, 0) is 56.0 Å². The first-order chi connectivity index (χ1) is 17.4. The molecule has 3 rings (SSSR count). The van der Waals surface area contributed by atoms with E-state index >= 15 is 0 Å². The van der Waals surface area contributed by atoms with Gasteiger partial charge in [0.15, 0.2) is 6.61 Å². The highest BCUT2D eigenvalue weighted by Crippen LogP contribution is 2.20. The zero-order chi connectivity index (χ0) is 25.9. The molecule has 0 spiro atoms. The minimum Gasteiger partial charge on any atom is -0.497 e. The highest BCUT2D eigenvalue weighted by atomic mass is 16.5. The second-order valence-electron chi connectivity index (χ2n) is 8.43. The predicted octanol–water partition coefficient (Wildman–Crippen LogP) is 3.23. The van der Waals surface area contributed by atoms with Crippen LogP contribution in [0, 0.1) is 5.92 Å². The van der Waals surface area contributed by atoms with Crippen LogP contribution in [-0.2, 0) is 30.3 Å². The van der Waals surface area contributed by atoms with E-state index in [1.807, 2.05) is 24.3 Å². The van der Waals surface area contributed by atoms with E-state index in [0.29, 0.717) is 44.6 Å². The number of methoxy groups -OCH3 is 1. The lowest BCUT2D eigenvalue weighted by Gasteiger charge is -2.30. The molecule has 2 amide bonds. The number of nitrogens with one attached hydrogen (secondary N) is 1. The van der Waals surface area contributed by atoms with Gasteiger partial charge in [0.05, 0.1) is 30.9 Å². The predicted molar refractivity (Wildman–Crippen MR) is 133 cm³/mol. The van der Waals surface area contributed by atoms with Gasteiger partial charge in [-0.1, -0.05) is 24.3 Å². The molecule has 9 nitrogen and oxygen atoms in total.